The second-order valence-electron chi connectivity index (χ2n) is 24.2. The van der Waals surface area contributed by atoms with Crippen LogP contribution in [-0.2, 0) is 10.3 Å². The number of carbonyl (C=O) groups excluding carboxylic acids is 1. The van der Waals surface area contributed by atoms with Gasteiger partial charge in [-0.15, -0.1) is 0 Å². The maximum atomic E-state index is 11.9. The number of anilines is 1. The lowest BCUT2D eigenvalue weighted by molar-refractivity contribution is -0.121. The summed E-state index contributed by atoms with van der Waals surface area (Å²) in [5, 5.41) is 21.3. The van der Waals surface area contributed by atoms with E-state index < -0.39 is 0 Å². The molecule has 0 radical (unpaired) electrons. The largest absolute Gasteiger partial charge is 0.390 e. The Morgan fingerprint density at radius 2 is 0.864 bits per heavy atom. The Morgan fingerprint density at radius 3 is 1.25 bits per heavy atom. The fourth-order valence-corrected chi connectivity index (χ4v) is 10.00. The van der Waals surface area contributed by atoms with Crippen LogP contribution in [0.5, 0.6) is 0 Å². The third-order valence-corrected chi connectivity index (χ3v) is 15.6. The van der Waals surface area contributed by atoms with E-state index in [0.29, 0.717) is 11.5 Å². The number of aliphatic imine (C=N–C) groups is 1. The molecule has 0 saturated carbocycles. The van der Waals surface area contributed by atoms with Crippen LogP contribution in [0.4, 0.5) is 11.5 Å². The smallest absolute Gasteiger partial charge is 0.153 e. The predicted molar refractivity (Wildman–Crippen MR) is 366 cm³/mol. The van der Waals surface area contributed by atoms with Gasteiger partial charge in [0.05, 0.1) is 17.7 Å². The molecule has 0 aliphatic heterocycles. The van der Waals surface area contributed by atoms with E-state index in [2.05, 4.69) is 94.5 Å². The molecule has 3 rings (SSSR count). The van der Waals surface area contributed by atoms with E-state index in [9.17, 15) is 9.90 Å². The first-order valence-electron chi connectivity index (χ1n) is 34.7. The first-order chi connectivity index (χ1) is 39.3. The Balaban J connectivity index is 0. The second-order valence-corrected chi connectivity index (χ2v) is 24.2. The van der Waals surface area contributed by atoms with Crippen LogP contribution in [0.1, 0.15) is 332 Å². The van der Waals surface area contributed by atoms with Crippen molar-refractivity contribution in [1.82, 2.24) is 15.6 Å². The summed E-state index contributed by atoms with van der Waals surface area (Å²) < 4.78 is 0. The maximum Gasteiger partial charge on any atom is 0.153 e. The van der Waals surface area contributed by atoms with Gasteiger partial charge in [-0.1, -0.05) is 304 Å². The number of aryl methyl sites for hydroxylation is 1. The molecule has 0 amide bonds. The summed E-state index contributed by atoms with van der Waals surface area (Å²) >= 11 is 0. The minimum absolute atomic E-state index is 0.0756. The molecular formula is C74H137N5O2. The Kier molecular flexibility index (Phi) is 56.6. The number of pyridine rings is 1. The number of hydrogen-bond donors (Lipinski definition) is 4. The molecular weight excluding hydrogens is 991 g/mol. The zero-order chi connectivity index (χ0) is 60.5. The van der Waals surface area contributed by atoms with Gasteiger partial charge in [-0.3, -0.25) is 9.79 Å². The van der Waals surface area contributed by atoms with Crippen LogP contribution in [0.25, 0.3) is 10.9 Å². The molecule has 0 aliphatic carbocycles. The van der Waals surface area contributed by atoms with Gasteiger partial charge < -0.3 is 21.1 Å². The highest BCUT2D eigenvalue weighted by Crippen LogP contribution is 2.37. The van der Waals surface area contributed by atoms with Gasteiger partial charge in [-0.05, 0) is 109 Å². The first kappa shape index (κ1) is 79.9. The summed E-state index contributed by atoms with van der Waals surface area (Å²) in [5.41, 5.74) is 4.45. The van der Waals surface area contributed by atoms with Gasteiger partial charge in [0.1, 0.15) is 11.5 Å². The summed E-state index contributed by atoms with van der Waals surface area (Å²) in [6, 6.07) is 18.3. The van der Waals surface area contributed by atoms with E-state index >= 15 is 0 Å². The number of carbonyl (C=O) groups is 1. The molecule has 0 fully saturated rings. The van der Waals surface area contributed by atoms with Crippen LogP contribution in [0.2, 0.25) is 0 Å². The molecule has 1 heterocycles. The van der Waals surface area contributed by atoms with Crippen molar-refractivity contribution in [2.45, 2.75) is 334 Å². The molecule has 1 aromatic heterocycles. The van der Waals surface area contributed by atoms with E-state index in [4.69, 9.17) is 4.98 Å². The van der Waals surface area contributed by atoms with Crippen molar-refractivity contribution in [1.29, 1.82) is 0 Å². The summed E-state index contributed by atoms with van der Waals surface area (Å²) in [5.74, 6) is 1.18. The summed E-state index contributed by atoms with van der Waals surface area (Å²) in [7, 11) is 0. The number of unbranched alkanes of at least 4 members (excludes halogenated alkanes) is 29. The number of hydrogen-bond acceptors (Lipinski definition) is 7. The number of nitrogens with zero attached hydrogens (tertiary/aromatic N) is 2. The number of benzene rings is 2. The molecule has 470 valence electrons. The minimum Gasteiger partial charge on any atom is -0.390 e. The number of nitrogens with one attached hydrogen (secondary N) is 3. The van der Waals surface area contributed by atoms with E-state index in [-0.39, 0.29) is 17.6 Å². The molecule has 4 N–H and O–H groups in total. The van der Waals surface area contributed by atoms with Gasteiger partial charge in [0.15, 0.2) is 5.82 Å². The average Bonchev–Trinajstić information content (AvgIpc) is 3.49. The number of Topliss-reactive ketones (excluding diaryl/α,β-unsaturated/α-hetero) is 1. The minimum atomic E-state index is -0.319. The topological polar surface area (TPSA) is 98.6 Å². The second kappa shape index (κ2) is 57.3. The molecule has 2 aromatic carbocycles. The predicted octanol–water partition coefficient (Wildman–Crippen LogP) is 22.9. The Bertz CT molecular complexity index is 1820. The molecule has 0 saturated heterocycles. The standard InChI is InChI=1S/C24H49NO.C24H51N.C22H25N3O.2C2H6/c1-5-7-8-9-10-11-12-13-14-17-20-25-21-18-15-16-19-23(26)22-24(3,4)6-2;1-3-5-7-9-11-13-15-17-19-21-23-25-24-22-20-18-16-14-12-10-8-6-4-2;1-15(14-26)23-20-16(2)18-12-8-9-13-19(18)24-21(20)25-22(3,4)17-10-6-5-7-11-17;2*1-2/h25H,5-22H2,1-4H3;25H,3-24H2,1-2H3;5-13,26H,14H2,1-4H3,(H,24,25);2*1-2H3. The van der Waals surface area contributed by atoms with Crippen LogP contribution < -0.4 is 16.0 Å². The van der Waals surface area contributed by atoms with Crippen molar-refractivity contribution in [3.63, 3.8) is 0 Å². The number of aromatic nitrogens is 1. The highest BCUT2D eigenvalue weighted by atomic mass is 16.3. The van der Waals surface area contributed by atoms with Crippen LogP contribution in [0, 0.1) is 12.3 Å². The highest BCUT2D eigenvalue weighted by molar-refractivity contribution is 5.94. The molecule has 81 heavy (non-hydrogen) atoms. The Hall–Kier alpha value is -3.13. The third-order valence-electron chi connectivity index (χ3n) is 15.6. The number of aliphatic hydroxyl groups is 1. The number of rotatable bonds is 47. The third kappa shape index (κ3) is 45.9. The van der Waals surface area contributed by atoms with Gasteiger partial charge in [0, 0.05) is 23.9 Å². The van der Waals surface area contributed by atoms with Crippen LogP contribution >= 0.6 is 0 Å². The van der Waals surface area contributed by atoms with Crippen molar-refractivity contribution >= 4 is 33.9 Å². The average molecular weight is 1130 g/mol. The van der Waals surface area contributed by atoms with Gasteiger partial charge in [0.25, 0.3) is 0 Å². The lowest BCUT2D eigenvalue weighted by Crippen LogP contribution is -2.28. The Morgan fingerprint density at radius 1 is 0.506 bits per heavy atom. The van der Waals surface area contributed by atoms with Crippen LogP contribution in [0.15, 0.2) is 59.6 Å². The van der Waals surface area contributed by atoms with Gasteiger partial charge in [0.2, 0.25) is 0 Å². The summed E-state index contributed by atoms with van der Waals surface area (Å²) in [4.78, 5) is 21.4. The quantitative estimate of drug-likeness (QED) is 0.0332. The zero-order valence-electron chi connectivity index (χ0n) is 56.4. The van der Waals surface area contributed by atoms with Gasteiger partial charge in [-0.25, -0.2) is 4.98 Å². The summed E-state index contributed by atoms with van der Waals surface area (Å²) in [6.07, 6.45) is 48.9. The van der Waals surface area contributed by atoms with E-state index in [1.807, 2.05) is 77.9 Å². The van der Waals surface area contributed by atoms with Crippen molar-refractivity contribution in [3.8, 4) is 0 Å². The highest BCUT2D eigenvalue weighted by Gasteiger charge is 2.24. The van der Waals surface area contributed by atoms with Crippen LogP contribution in [-0.4, -0.2) is 54.4 Å². The van der Waals surface area contributed by atoms with Crippen molar-refractivity contribution in [2.75, 3.05) is 38.1 Å². The lowest BCUT2D eigenvalue weighted by atomic mass is 9.84. The Labute approximate surface area is 504 Å². The van der Waals surface area contributed by atoms with Gasteiger partial charge in [-0.2, -0.15) is 0 Å². The van der Waals surface area contributed by atoms with Crippen LogP contribution in [0.3, 0.4) is 0 Å². The maximum absolute atomic E-state index is 11.9. The van der Waals surface area contributed by atoms with E-state index in [1.165, 1.54) is 231 Å². The van der Waals surface area contributed by atoms with E-state index in [0.717, 1.165) is 60.2 Å². The van der Waals surface area contributed by atoms with Crippen molar-refractivity contribution in [3.05, 3.63) is 65.7 Å². The zero-order valence-corrected chi connectivity index (χ0v) is 56.4. The number of para-hydroxylation sites is 1. The molecule has 0 atom stereocenters. The van der Waals surface area contributed by atoms with Gasteiger partial charge >= 0.3 is 0 Å². The molecule has 0 bridgehead atoms. The van der Waals surface area contributed by atoms with Crippen molar-refractivity contribution < 1.29 is 9.90 Å². The normalized spacial score (nSPS) is 11.4. The molecule has 0 unspecified atom stereocenters. The molecule has 7 heteroatoms. The summed E-state index contributed by atoms with van der Waals surface area (Å²) in [6.45, 7) is 34.3. The molecule has 0 aliphatic rings. The lowest BCUT2D eigenvalue weighted by Gasteiger charge is -2.29. The fourth-order valence-electron chi connectivity index (χ4n) is 10.00. The number of fused-ring (bicyclic) bond motifs is 1. The number of ketones is 1. The van der Waals surface area contributed by atoms with Crippen molar-refractivity contribution in [2.24, 2.45) is 10.4 Å². The SMILES string of the molecule is CC.CC.CC(CO)=Nc1c(NC(C)(C)c2ccccc2)nc2ccccc2c1C.CCCCCCCCCCCCNCCCCCC(=O)CC(C)(C)CC.CCCCCCCCCCCCNCCCCCCCCCCCC. The monoisotopic (exact) mass is 1130 g/mol. The fraction of sp³-hybridized carbons (Fsp3) is 0.770. The number of aliphatic hydroxyl groups excluding tert-OH is 1. The van der Waals surface area contributed by atoms with E-state index in [1.54, 1.807) is 0 Å². The molecule has 0 spiro atoms. The molecule has 7 nitrogen and oxygen atoms in total. The molecule has 3 aromatic rings. The first-order valence-corrected chi connectivity index (χ1v) is 34.7.